The molecule has 0 atom stereocenters. The molecule has 2 heterocycles. The van der Waals surface area contributed by atoms with E-state index in [1.807, 2.05) is 66.3 Å². The van der Waals surface area contributed by atoms with Gasteiger partial charge in [-0.25, -0.2) is 4.68 Å². The average molecular weight is 466 g/mol. The Hall–Kier alpha value is -3.00. The summed E-state index contributed by atoms with van der Waals surface area (Å²) in [5, 5.41) is 5.54. The Morgan fingerprint density at radius 1 is 1.00 bits per heavy atom. The van der Waals surface area contributed by atoms with Crippen LogP contribution in [0.4, 0.5) is 0 Å². The second-order valence-corrected chi connectivity index (χ2v) is 8.24. The topological polar surface area (TPSA) is 48.1 Å². The van der Waals surface area contributed by atoms with Gasteiger partial charge < -0.3 is 4.74 Å². The molecule has 0 N–H and O–H groups in total. The summed E-state index contributed by atoms with van der Waals surface area (Å²) in [5.41, 5.74) is 2.15. The quantitative estimate of drug-likeness (QED) is 0.320. The van der Waals surface area contributed by atoms with Crippen LogP contribution in [0.5, 0.6) is 5.75 Å². The summed E-state index contributed by atoms with van der Waals surface area (Å²) < 4.78 is 10.4. The highest BCUT2D eigenvalue weighted by Gasteiger charge is 2.14. The summed E-state index contributed by atoms with van der Waals surface area (Å²) >= 11 is 11.7. The molecular formula is C24H24ClN5OS. The van der Waals surface area contributed by atoms with Crippen LogP contribution in [0.1, 0.15) is 5.56 Å². The van der Waals surface area contributed by atoms with Crippen molar-refractivity contribution in [1.29, 1.82) is 0 Å². The van der Waals surface area contributed by atoms with E-state index in [0.717, 1.165) is 23.7 Å². The van der Waals surface area contributed by atoms with Crippen LogP contribution >= 0.6 is 23.8 Å². The molecule has 8 heteroatoms. The molecule has 2 aromatic carbocycles. The number of benzene rings is 2. The van der Waals surface area contributed by atoms with Crippen molar-refractivity contribution in [2.75, 3.05) is 20.2 Å². The molecule has 4 rings (SSSR count). The molecule has 4 aromatic rings. The molecule has 32 heavy (non-hydrogen) atoms. The van der Waals surface area contributed by atoms with E-state index in [-0.39, 0.29) is 0 Å². The number of hydrogen-bond acceptors (Lipinski definition) is 5. The molecule has 0 saturated heterocycles. The fourth-order valence-corrected chi connectivity index (χ4v) is 3.68. The van der Waals surface area contributed by atoms with Gasteiger partial charge in [0.05, 0.1) is 13.2 Å². The van der Waals surface area contributed by atoms with Gasteiger partial charge in [0.25, 0.3) is 0 Å². The molecule has 0 amide bonds. The maximum Gasteiger partial charge on any atom is 0.199 e. The van der Waals surface area contributed by atoms with Gasteiger partial charge in [0.2, 0.25) is 0 Å². The number of pyridine rings is 1. The molecule has 6 nitrogen and oxygen atoms in total. The van der Waals surface area contributed by atoms with Crippen molar-refractivity contribution in [3.63, 3.8) is 0 Å². The molecule has 164 valence electrons. The molecule has 0 radical (unpaired) electrons. The van der Waals surface area contributed by atoms with Gasteiger partial charge in [-0.3, -0.25) is 14.5 Å². The van der Waals surface area contributed by atoms with Gasteiger partial charge in [0, 0.05) is 29.5 Å². The first kappa shape index (κ1) is 22.2. The third-order valence-electron chi connectivity index (χ3n) is 4.98. The van der Waals surface area contributed by atoms with Crippen molar-refractivity contribution in [2.24, 2.45) is 0 Å². The van der Waals surface area contributed by atoms with Crippen LogP contribution in [0, 0.1) is 4.77 Å². The van der Waals surface area contributed by atoms with E-state index >= 15 is 0 Å². The van der Waals surface area contributed by atoms with E-state index in [1.54, 1.807) is 12.4 Å². The second-order valence-electron chi connectivity index (χ2n) is 7.44. The highest BCUT2D eigenvalue weighted by Crippen LogP contribution is 2.19. The van der Waals surface area contributed by atoms with E-state index in [0.29, 0.717) is 29.6 Å². The number of nitrogens with zero attached hydrogens (tertiary/aromatic N) is 5. The van der Waals surface area contributed by atoms with Crippen LogP contribution in [0.15, 0.2) is 79.1 Å². The highest BCUT2D eigenvalue weighted by molar-refractivity contribution is 7.71. The van der Waals surface area contributed by atoms with Crippen molar-refractivity contribution in [2.45, 2.75) is 13.2 Å². The Bertz CT molecular complexity index is 1190. The van der Waals surface area contributed by atoms with Crippen LogP contribution in [0.3, 0.4) is 0 Å². The smallest absolute Gasteiger partial charge is 0.199 e. The lowest BCUT2D eigenvalue weighted by atomic mass is 10.2. The molecule has 0 fully saturated rings. The van der Waals surface area contributed by atoms with Gasteiger partial charge in [0.15, 0.2) is 10.6 Å². The standard InChI is InChI=1S/C24H24ClN5OS/c1-28(15-16-31-22-9-7-21(25)8-10-22)18-30-24(32)29(17-19-5-3-2-4-6-19)23(27-30)20-11-13-26-14-12-20/h2-14H,15-18H2,1H3. The molecule has 2 aromatic heterocycles. The van der Waals surface area contributed by atoms with Gasteiger partial charge in [0.1, 0.15) is 12.4 Å². The second kappa shape index (κ2) is 10.5. The van der Waals surface area contributed by atoms with E-state index in [1.165, 1.54) is 5.56 Å². The van der Waals surface area contributed by atoms with Crippen LogP contribution < -0.4 is 4.74 Å². The third-order valence-corrected chi connectivity index (χ3v) is 5.66. The fraction of sp³-hybridized carbons (Fsp3) is 0.208. The first-order chi connectivity index (χ1) is 15.6. The maximum absolute atomic E-state index is 5.92. The van der Waals surface area contributed by atoms with E-state index in [2.05, 4.69) is 26.6 Å². The Morgan fingerprint density at radius 3 is 2.44 bits per heavy atom. The van der Waals surface area contributed by atoms with Gasteiger partial charge in [-0.1, -0.05) is 41.9 Å². The summed E-state index contributed by atoms with van der Waals surface area (Å²) in [7, 11) is 2.02. The summed E-state index contributed by atoms with van der Waals surface area (Å²) in [5.74, 6) is 1.62. The van der Waals surface area contributed by atoms with E-state index < -0.39 is 0 Å². The number of ether oxygens (including phenoxy) is 1. The Balaban J connectivity index is 1.49. The van der Waals surface area contributed by atoms with Crippen molar-refractivity contribution in [1.82, 2.24) is 24.2 Å². The molecule has 0 bridgehead atoms. The van der Waals surface area contributed by atoms with Crippen molar-refractivity contribution >= 4 is 23.8 Å². The van der Waals surface area contributed by atoms with Gasteiger partial charge in [-0.2, -0.15) is 5.10 Å². The number of rotatable bonds is 9. The number of halogens is 1. The van der Waals surface area contributed by atoms with Crippen LogP contribution in [-0.4, -0.2) is 44.4 Å². The lowest BCUT2D eigenvalue weighted by molar-refractivity contribution is 0.198. The minimum absolute atomic E-state index is 0.549. The number of aromatic nitrogens is 4. The number of hydrogen-bond donors (Lipinski definition) is 0. The molecule has 0 spiro atoms. The Morgan fingerprint density at radius 2 is 1.72 bits per heavy atom. The minimum atomic E-state index is 0.549. The first-order valence-corrected chi connectivity index (χ1v) is 11.1. The molecule has 0 aliphatic heterocycles. The van der Waals surface area contributed by atoms with Crippen molar-refractivity contribution < 1.29 is 4.74 Å². The molecule has 0 saturated carbocycles. The van der Waals surface area contributed by atoms with Crippen molar-refractivity contribution in [3.8, 4) is 17.1 Å². The Labute approximate surface area is 197 Å². The third kappa shape index (κ3) is 5.62. The zero-order chi connectivity index (χ0) is 22.3. The van der Waals surface area contributed by atoms with E-state index in [4.69, 9.17) is 33.7 Å². The van der Waals surface area contributed by atoms with Crippen molar-refractivity contribution in [3.05, 3.63) is 94.5 Å². The average Bonchev–Trinajstić information content (AvgIpc) is 3.11. The van der Waals surface area contributed by atoms with Crippen LogP contribution in [0.25, 0.3) is 11.4 Å². The Kier molecular flexibility index (Phi) is 7.32. The molecule has 0 unspecified atom stereocenters. The predicted octanol–water partition coefficient (Wildman–Crippen LogP) is 5.15. The summed E-state index contributed by atoms with van der Waals surface area (Å²) in [6, 6.07) is 21.5. The maximum atomic E-state index is 5.92. The summed E-state index contributed by atoms with van der Waals surface area (Å²) in [6.07, 6.45) is 3.54. The molecule has 0 aliphatic carbocycles. The van der Waals surface area contributed by atoms with E-state index in [9.17, 15) is 0 Å². The van der Waals surface area contributed by atoms with Gasteiger partial charge in [-0.15, -0.1) is 0 Å². The zero-order valence-corrected chi connectivity index (χ0v) is 19.3. The SMILES string of the molecule is CN(CCOc1ccc(Cl)cc1)Cn1nc(-c2ccncc2)n(Cc2ccccc2)c1=S. The normalized spacial score (nSPS) is 11.1. The number of likely N-dealkylation sites (N-methyl/N-ethyl adjacent to an activating group) is 1. The van der Waals surface area contributed by atoms with Gasteiger partial charge in [-0.05, 0) is 61.2 Å². The zero-order valence-electron chi connectivity index (χ0n) is 17.8. The first-order valence-electron chi connectivity index (χ1n) is 10.3. The largest absolute Gasteiger partial charge is 0.492 e. The molecular weight excluding hydrogens is 442 g/mol. The summed E-state index contributed by atoms with van der Waals surface area (Å²) in [6.45, 7) is 2.48. The minimum Gasteiger partial charge on any atom is -0.492 e. The lowest BCUT2D eigenvalue weighted by Crippen LogP contribution is -2.27. The van der Waals surface area contributed by atoms with Gasteiger partial charge >= 0.3 is 0 Å². The predicted molar refractivity (Wildman–Crippen MR) is 129 cm³/mol. The lowest BCUT2D eigenvalue weighted by Gasteiger charge is -2.16. The van der Waals surface area contributed by atoms with Crippen LogP contribution in [0.2, 0.25) is 5.02 Å². The highest BCUT2D eigenvalue weighted by atomic mass is 35.5. The summed E-state index contributed by atoms with van der Waals surface area (Å²) in [4.78, 5) is 6.25. The molecule has 0 aliphatic rings. The van der Waals surface area contributed by atoms with Crippen LogP contribution in [-0.2, 0) is 13.2 Å². The fourth-order valence-electron chi connectivity index (χ4n) is 3.31. The monoisotopic (exact) mass is 465 g/mol.